The molecular weight excluding hydrogens is 175 g/mol. The Morgan fingerprint density at radius 1 is 2.00 bits per heavy atom. The van der Waals surface area contributed by atoms with Crippen LogP contribution in [0.5, 0.6) is 0 Å². The fourth-order valence-electron chi connectivity index (χ4n) is 0. The Labute approximate surface area is 36.5 Å². The van der Waals surface area contributed by atoms with Crippen molar-refractivity contribution in [2.24, 2.45) is 0 Å². The summed E-state index contributed by atoms with van der Waals surface area (Å²) in [4.78, 5) is 8.57. The summed E-state index contributed by atoms with van der Waals surface area (Å²) in [7, 11) is 0. The molecule has 0 aliphatic heterocycles. The van der Waals surface area contributed by atoms with Crippen LogP contribution in [0.25, 0.3) is 0 Å². The highest BCUT2D eigenvalue weighted by Crippen LogP contribution is 1.76. The van der Waals surface area contributed by atoms with Crippen molar-refractivity contribution in [3.05, 3.63) is 9.71 Å². The Morgan fingerprint density at radius 3 is 2.25 bits per heavy atom. The third-order valence-corrected chi connectivity index (χ3v) is 0.173. The molecule has 0 aliphatic rings. The van der Waals surface area contributed by atoms with E-state index in [1.54, 1.807) is 0 Å². The Kier molecular flexibility index (Phi) is 3.23. The van der Waals surface area contributed by atoms with Gasteiger partial charge in [-0.3, -0.25) is 0 Å². The van der Waals surface area contributed by atoms with Crippen molar-refractivity contribution in [1.29, 1.82) is 0 Å². The fourth-order valence-corrected chi connectivity index (χ4v) is 0. The average Bonchev–Trinajstić information content (AvgIpc) is 1.37. The molecule has 4 heteroatoms. The summed E-state index contributed by atoms with van der Waals surface area (Å²) in [6, 6.07) is 0. The van der Waals surface area contributed by atoms with Gasteiger partial charge in [0.2, 0.25) is 0 Å². The van der Waals surface area contributed by atoms with E-state index >= 15 is 0 Å². The molecule has 0 amide bonds. The van der Waals surface area contributed by atoms with Crippen LogP contribution in [0.1, 0.15) is 0 Å². The number of hydrogen-bond acceptors (Lipinski definition) is 2. The van der Waals surface area contributed by atoms with Gasteiger partial charge in [0.1, 0.15) is 0 Å². The molecule has 0 atom stereocenters. The quantitative estimate of drug-likeness (QED) is 0.256. The SMILES string of the molecule is O=[O+]OI. The highest BCUT2D eigenvalue weighted by Gasteiger charge is 1.73. The maximum absolute atomic E-state index is 8.57. The lowest BCUT2D eigenvalue weighted by atomic mass is 14.8. The van der Waals surface area contributed by atoms with Gasteiger partial charge < -0.3 is 0 Å². The first-order valence-electron chi connectivity index (χ1n) is 0.488. The molecule has 0 radical (unpaired) electrons. The predicted octanol–water partition coefficient (Wildman–Crippen LogP) is 0.884. The van der Waals surface area contributed by atoms with Gasteiger partial charge in [0, 0.05) is 0 Å². The molecule has 0 aromatic carbocycles. The maximum atomic E-state index is 8.57. The van der Waals surface area contributed by atoms with Crippen LogP contribution in [0.3, 0.4) is 0 Å². The molecule has 0 aliphatic carbocycles. The third-order valence-electron chi connectivity index (χ3n) is 0.0257. The van der Waals surface area contributed by atoms with Crippen molar-refractivity contribution in [3.63, 3.8) is 0 Å². The summed E-state index contributed by atoms with van der Waals surface area (Å²) in [6.07, 6.45) is 0. The molecule has 0 fully saturated rings. The molecule has 0 aromatic heterocycles. The van der Waals surface area contributed by atoms with Crippen molar-refractivity contribution in [3.8, 4) is 0 Å². The van der Waals surface area contributed by atoms with E-state index in [0.717, 1.165) is 0 Å². The van der Waals surface area contributed by atoms with Crippen LogP contribution in [0.15, 0.2) is 0 Å². The van der Waals surface area contributed by atoms with Crippen LogP contribution >= 0.6 is 23.0 Å². The first kappa shape index (κ1) is 4.13. The summed E-state index contributed by atoms with van der Waals surface area (Å²) in [6.45, 7) is 0. The predicted molar refractivity (Wildman–Crippen MR) is 21.8 cm³/mol. The van der Waals surface area contributed by atoms with Gasteiger partial charge in [-0.1, -0.05) is 0 Å². The monoisotopic (exact) mass is 175 g/mol. The highest BCUT2D eigenvalue weighted by molar-refractivity contribution is 14.1. The van der Waals surface area contributed by atoms with Crippen molar-refractivity contribution >= 4 is 23.0 Å². The van der Waals surface area contributed by atoms with Gasteiger partial charge >= 0.3 is 27.8 Å². The van der Waals surface area contributed by atoms with E-state index in [-0.39, 0.29) is 0 Å². The average molecular weight is 175 g/mol. The molecule has 0 heterocycles. The molecular formula is IO3+. The smallest absolute Gasteiger partial charge is 0.00441 e. The third kappa shape index (κ3) is 2.13. The van der Waals surface area contributed by atoms with Gasteiger partial charge in [-0.15, -0.1) is 0 Å². The zero-order valence-corrected chi connectivity index (χ0v) is 3.76. The van der Waals surface area contributed by atoms with Gasteiger partial charge in [-0.05, 0) is 3.22 Å². The van der Waals surface area contributed by atoms with Gasteiger partial charge in [-0.2, -0.15) is 0 Å². The van der Waals surface area contributed by atoms with Crippen molar-refractivity contribution in [2.75, 3.05) is 0 Å². The van der Waals surface area contributed by atoms with E-state index in [4.69, 9.17) is 4.96 Å². The van der Waals surface area contributed by atoms with Crippen LogP contribution in [0, 0.1) is 9.71 Å². The van der Waals surface area contributed by atoms with Crippen LogP contribution < -0.4 is 0 Å². The second kappa shape index (κ2) is 3.13. The second-order valence-electron chi connectivity index (χ2n) is 0.131. The minimum Gasteiger partial charge on any atom is -0.00441 e. The molecule has 0 unspecified atom stereocenters. The van der Waals surface area contributed by atoms with Crippen molar-refractivity contribution in [2.45, 2.75) is 0 Å². The van der Waals surface area contributed by atoms with Gasteiger partial charge in [0.15, 0.2) is 0 Å². The van der Waals surface area contributed by atoms with E-state index in [1.165, 1.54) is 23.0 Å². The van der Waals surface area contributed by atoms with Crippen LogP contribution in [-0.4, -0.2) is 0 Å². The number of rotatable bonds is 1. The van der Waals surface area contributed by atoms with Crippen LogP contribution in [0.4, 0.5) is 0 Å². The van der Waals surface area contributed by atoms with Crippen molar-refractivity contribution < 1.29 is 3.22 Å². The van der Waals surface area contributed by atoms with E-state index in [1.807, 2.05) is 0 Å². The minimum absolute atomic E-state index is 1.32. The van der Waals surface area contributed by atoms with Crippen LogP contribution in [0.2, 0.25) is 0 Å². The Morgan fingerprint density at radius 2 is 2.25 bits per heavy atom. The molecule has 24 valence electrons. The summed E-state index contributed by atoms with van der Waals surface area (Å²) in [5.74, 6) is 0. The molecule has 0 aromatic rings. The molecule has 0 bridgehead atoms. The molecule has 0 saturated carbocycles. The largest absolute Gasteiger partial charge is 0.387 e. The maximum Gasteiger partial charge on any atom is 0.387 e. The normalized spacial score (nSPS) is 5.25. The van der Waals surface area contributed by atoms with E-state index in [0.29, 0.717) is 0 Å². The van der Waals surface area contributed by atoms with Gasteiger partial charge in [-0.25, -0.2) is 0 Å². The lowest BCUT2D eigenvalue weighted by molar-refractivity contribution is 0.621. The van der Waals surface area contributed by atoms with Gasteiger partial charge in [0.25, 0.3) is 4.96 Å². The molecule has 4 heavy (non-hydrogen) atoms. The molecule has 3 nitrogen and oxygen atoms in total. The summed E-state index contributed by atoms with van der Waals surface area (Å²) >= 11 is 1.32. The standard InChI is InChI=1S/IO3/c1-3-4-2/q+1. The first-order valence-corrected chi connectivity index (χ1v) is 1.37. The Bertz CT molecular complexity index is 17.2. The molecule has 0 spiro atoms. The zero-order valence-electron chi connectivity index (χ0n) is 1.60. The lowest BCUT2D eigenvalue weighted by Gasteiger charge is -1.32. The van der Waals surface area contributed by atoms with E-state index in [2.05, 4.69) is 7.96 Å². The molecule has 0 saturated heterocycles. The van der Waals surface area contributed by atoms with E-state index in [9.17, 15) is 0 Å². The van der Waals surface area contributed by atoms with Gasteiger partial charge in [0.05, 0.1) is 0 Å². The summed E-state index contributed by atoms with van der Waals surface area (Å²) in [5, 5.41) is 0. The molecule has 0 rings (SSSR count). The lowest BCUT2D eigenvalue weighted by Crippen LogP contribution is -1.41. The van der Waals surface area contributed by atoms with Crippen molar-refractivity contribution in [1.82, 2.24) is 0 Å². The Balaban J connectivity index is 2.30. The number of halogens is 1. The Hall–Kier alpha value is 0.130. The highest BCUT2D eigenvalue weighted by atomic mass is 127. The molecule has 0 N–H and O–H groups in total. The van der Waals surface area contributed by atoms with Crippen LogP contribution in [-0.2, 0) is 3.22 Å². The minimum atomic E-state index is 1.32. The fraction of sp³-hybridized carbons (Fsp3) is 0. The zero-order chi connectivity index (χ0) is 3.41. The summed E-state index contributed by atoms with van der Waals surface area (Å²) in [5.41, 5.74) is 0. The van der Waals surface area contributed by atoms with E-state index < -0.39 is 0 Å². The first-order chi connectivity index (χ1) is 1.91. The second-order valence-corrected chi connectivity index (χ2v) is 0.491. The number of hydrogen-bond donors (Lipinski definition) is 0. The summed E-state index contributed by atoms with van der Waals surface area (Å²) < 4.78 is 6.23. The topological polar surface area (TPSA) is 37.6 Å².